The van der Waals surface area contributed by atoms with Crippen LogP contribution in [0.5, 0.6) is 0 Å². The third-order valence-corrected chi connectivity index (χ3v) is 3.72. The van der Waals surface area contributed by atoms with Gasteiger partial charge in [-0.05, 0) is 36.2 Å². The Balaban J connectivity index is 2.02. The predicted octanol–water partition coefficient (Wildman–Crippen LogP) is 3.43. The number of anilines is 3. The molecular weight excluding hydrogens is 344 g/mol. The summed E-state index contributed by atoms with van der Waals surface area (Å²) in [5.41, 5.74) is 1.75. The fraction of sp³-hybridized carbons (Fsp3) is 0.250. The molecule has 7 nitrogen and oxygen atoms in total. The summed E-state index contributed by atoms with van der Waals surface area (Å²) in [7, 11) is 0. The van der Waals surface area contributed by atoms with E-state index in [1.807, 2.05) is 32.0 Å². The molecule has 2 rings (SSSR count). The van der Waals surface area contributed by atoms with E-state index in [4.69, 9.17) is 0 Å². The minimum absolute atomic E-state index is 0.120. The number of hydrogen-bond donors (Lipinski definition) is 4. The van der Waals surface area contributed by atoms with Crippen LogP contribution in [-0.2, 0) is 9.59 Å². The number of amides is 4. The third-order valence-electron chi connectivity index (χ3n) is 3.72. The van der Waals surface area contributed by atoms with E-state index >= 15 is 0 Å². The van der Waals surface area contributed by atoms with Gasteiger partial charge in [-0.1, -0.05) is 38.1 Å². The van der Waals surface area contributed by atoms with Crippen molar-refractivity contribution in [1.82, 2.24) is 5.32 Å². The molecular formula is C20H24N4O3. The fourth-order valence-corrected chi connectivity index (χ4v) is 2.46. The third kappa shape index (κ3) is 6.47. The van der Waals surface area contributed by atoms with Crippen molar-refractivity contribution >= 4 is 34.9 Å². The summed E-state index contributed by atoms with van der Waals surface area (Å²) in [6.07, 6.45) is 0. The van der Waals surface area contributed by atoms with Crippen molar-refractivity contribution in [3.63, 3.8) is 0 Å². The molecule has 0 spiro atoms. The highest BCUT2D eigenvalue weighted by molar-refractivity contribution is 6.00. The Morgan fingerprint density at radius 2 is 1.37 bits per heavy atom. The van der Waals surface area contributed by atoms with Gasteiger partial charge in [-0.15, -0.1) is 0 Å². The Morgan fingerprint density at radius 1 is 0.778 bits per heavy atom. The van der Waals surface area contributed by atoms with Gasteiger partial charge >= 0.3 is 6.03 Å². The van der Waals surface area contributed by atoms with Crippen LogP contribution in [0, 0.1) is 5.92 Å². The first-order valence-electron chi connectivity index (χ1n) is 8.66. The SMILES string of the molecule is CC(=O)Nc1cccc(NC(=O)[C@@H](NC(=O)Nc2ccccc2)C(C)C)c1. The molecule has 142 valence electrons. The molecule has 4 amide bonds. The molecule has 0 saturated heterocycles. The average Bonchev–Trinajstić information content (AvgIpc) is 2.60. The summed E-state index contributed by atoms with van der Waals surface area (Å²) >= 11 is 0. The van der Waals surface area contributed by atoms with Crippen LogP contribution < -0.4 is 21.3 Å². The van der Waals surface area contributed by atoms with E-state index in [1.165, 1.54) is 6.92 Å². The van der Waals surface area contributed by atoms with Gasteiger partial charge in [0.15, 0.2) is 0 Å². The lowest BCUT2D eigenvalue weighted by Crippen LogP contribution is -2.48. The van der Waals surface area contributed by atoms with E-state index in [9.17, 15) is 14.4 Å². The Bertz CT molecular complexity index is 806. The maximum atomic E-state index is 12.6. The monoisotopic (exact) mass is 368 g/mol. The van der Waals surface area contributed by atoms with Crippen LogP contribution in [0.25, 0.3) is 0 Å². The molecule has 27 heavy (non-hydrogen) atoms. The second-order valence-corrected chi connectivity index (χ2v) is 6.44. The Kier molecular flexibility index (Phi) is 6.93. The van der Waals surface area contributed by atoms with Gasteiger partial charge in [0.05, 0.1) is 0 Å². The summed E-state index contributed by atoms with van der Waals surface area (Å²) in [6.45, 7) is 5.11. The van der Waals surface area contributed by atoms with Crippen LogP contribution in [0.3, 0.4) is 0 Å². The van der Waals surface area contributed by atoms with Gasteiger partial charge in [-0.3, -0.25) is 9.59 Å². The minimum atomic E-state index is -0.724. The van der Waals surface area contributed by atoms with Crippen molar-refractivity contribution in [2.75, 3.05) is 16.0 Å². The molecule has 0 aliphatic carbocycles. The smallest absolute Gasteiger partial charge is 0.319 e. The van der Waals surface area contributed by atoms with Crippen LogP contribution in [0.15, 0.2) is 54.6 Å². The number of benzene rings is 2. The highest BCUT2D eigenvalue weighted by Crippen LogP contribution is 2.16. The van der Waals surface area contributed by atoms with Crippen LogP contribution >= 0.6 is 0 Å². The predicted molar refractivity (Wildman–Crippen MR) is 107 cm³/mol. The highest BCUT2D eigenvalue weighted by atomic mass is 16.2. The van der Waals surface area contributed by atoms with E-state index in [1.54, 1.807) is 36.4 Å². The molecule has 2 aromatic rings. The van der Waals surface area contributed by atoms with E-state index in [2.05, 4.69) is 21.3 Å². The highest BCUT2D eigenvalue weighted by Gasteiger charge is 2.24. The number of hydrogen-bond acceptors (Lipinski definition) is 3. The van der Waals surface area contributed by atoms with Gasteiger partial charge in [0.1, 0.15) is 6.04 Å². The minimum Gasteiger partial charge on any atom is -0.326 e. The molecule has 0 saturated carbocycles. The van der Waals surface area contributed by atoms with Gasteiger partial charge < -0.3 is 21.3 Å². The number of carbonyl (C=O) groups is 3. The molecule has 0 aliphatic heterocycles. The van der Waals surface area contributed by atoms with Crippen LogP contribution in [-0.4, -0.2) is 23.9 Å². The number of rotatable bonds is 6. The summed E-state index contributed by atoms with van der Waals surface area (Å²) in [6, 6.07) is 14.6. The number of nitrogens with one attached hydrogen (secondary N) is 4. The zero-order valence-corrected chi connectivity index (χ0v) is 15.6. The van der Waals surface area contributed by atoms with Gasteiger partial charge in [-0.25, -0.2) is 4.79 Å². The van der Waals surface area contributed by atoms with E-state index in [0.29, 0.717) is 17.1 Å². The van der Waals surface area contributed by atoms with Crippen molar-refractivity contribution in [3.05, 3.63) is 54.6 Å². The zero-order valence-electron chi connectivity index (χ0n) is 15.6. The van der Waals surface area contributed by atoms with Crippen molar-refractivity contribution in [2.24, 2.45) is 5.92 Å². The normalized spacial score (nSPS) is 11.4. The molecule has 4 N–H and O–H groups in total. The fourth-order valence-electron chi connectivity index (χ4n) is 2.46. The number of para-hydroxylation sites is 1. The molecule has 2 aromatic carbocycles. The number of urea groups is 1. The van der Waals surface area contributed by atoms with Crippen LogP contribution in [0.2, 0.25) is 0 Å². The molecule has 0 bridgehead atoms. The average molecular weight is 368 g/mol. The van der Waals surface area contributed by atoms with Crippen molar-refractivity contribution < 1.29 is 14.4 Å². The zero-order chi connectivity index (χ0) is 19.8. The van der Waals surface area contributed by atoms with Crippen molar-refractivity contribution in [1.29, 1.82) is 0 Å². The molecule has 1 atom stereocenters. The summed E-state index contributed by atoms with van der Waals surface area (Å²) in [5, 5.41) is 10.8. The van der Waals surface area contributed by atoms with E-state index in [-0.39, 0.29) is 17.7 Å². The van der Waals surface area contributed by atoms with Crippen LogP contribution in [0.4, 0.5) is 21.9 Å². The Morgan fingerprint density at radius 3 is 1.96 bits per heavy atom. The topological polar surface area (TPSA) is 99.3 Å². The van der Waals surface area contributed by atoms with Crippen LogP contribution in [0.1, 0.15) is 20.8 Å². The van der Waals surface area contributed by atoms with Crippen molar-refractivity contribution in [3.8, 4) is 0 Å². The van der Waals surface area contributed by atoms with E-state index in [0.717, 1.165) is 0 Å². The Labute approximate surface area is 158 Å². The molecule has 0 radical (unpaired) electrons. The number of carbonyl (C=O) groups excluding carboxylic acids is 3. The molecule has 0 fully saturated rings. The molecule has 0 heterocycles. The molecule has 0 aromatic heterocycles. The second-order valence-electron chi connectivity index (χ2n) is 6.44. The van der Waals surface area contributed by atoms with Gasteiger partial charge in [0.2, 0.25) is 11.8 Å². The van der Waals surface area contributed by atoms with Gasteiger partial charge in [0.25, 0.3) is 0 Å². The molecule has 0 aliphatic rings. The quantitative estimate of drug-likeness (QED) is 0.628. The first-order chi connectivity index (χ1) is 12.8. The second kappa shape index (κ2) is 9.38. The van der Waals surface area contributed by atoms with Gasteiger partial charge in [0, 0.05) is 24.0 Å². The molecule has 0 unspecified atom stereocenters. The summed E-state index contributed by atoms with van der Waals surface area (Å²) in [4.78, 5) is 36.0. The lowest BCUT2D eigenvalue weighted by Gasteiger charge is -2.22. The Hall–Kier alpha value is -3.35. The molecule has 7 heteroatoms. The maximum absolute atomic E-state index is 12.6. The standard InChI is InChI=1S/C20H24N4O3/c1-13(2)18(24-20(27)23-15-8-5-4-6-9-15)19(26)22-17-11-7-10-16(12-17)21-14(3)25/h4-13,18H,1-3H3,(H,21,25)(H,22,26)(H2,23,24,27)/t18-/m0/s1. The lowest BCUT2D eigenvalue weighted by atomic mass is 10.0. The first-order valence-corrected chi connectivity index (χ1v) is 8.66. The van der Waals surface area contributed by atoms with Gasteiger partial charge in [-0.2, -0.15) is 0 Å². The lowest BCUT2D eigenvalue weighted by molar-refractivity contribution is -0.118. The summed E-state index contributed by atoms with van der Waals surface area (Å²) < 4.78 is 0. The largest absolute Gasteiger partial charge is 0.326 e. The van der Waals surface area contributed by atoms with E-state index < -0.39 is 12.1 Å². The first kappa shape index (κ1) is 20.0. The maximum Gasteiger partial charge on any atom is 0.319 e. The van der Waals surface area contributed by atoms with Crippen molar-refractivity contribution in [2.45, 2.75) is 26.8 Å². The summed E-state index contributed by atoms with van der Waals surface area (Å²) in [5.74, 6) is -0.656.